The Morgan fingerprint density at radius 3 is 2.50 bits per heavy atom. The van der Waals surface area contributed by atoms with Crippen molar-refractivity contribution in [2.75, 3.05) is 0 Å². The molecule has 1 aliphatic heterocycles. The molecule has 0 aromatic heterocycles. The van der Waals surface area contributed by atoms with Gasteiger partial charge >= 0.3 is 11.9 Å². The Bertz CT molecular complexity index is 926. The number of phenolic OH excluding ortho intramolecular Hbond substituents is 1. The third-order valence-corrected chi connectivity index (χ3v) is 4.60. The van der Waals surface area contributed by atoms with Crippen molar-refractivity contribution < 1.29 is 34.4 Å². The fourth-order valence-electron chi connectivity index (χ4n) is 3.08. The molecule has 8 heteroatoms. The summed E-state index contributed by atoms with van der Waals surface area (Å²) in [4.78, 5) is 36.2. The number of phenols is 1. The third kappa shape index (κ3) is 3.67. The van der Waals surface area contributed by atoms with E-state index < -0.39 is 41.8 Å². The number of esters is 1. The Hall–Kier alpha value is -3.39. The maximum atomic E-state index is 12.6. The molecule has 2 aromatic rings. The van der Waals surface area contributed by atoms with E-state index in [-0.39, 0.29) is 23.1 Å². The molecule has 0 bridgehead atoms. The molecule has 1 heterocycles. The van der Waals surface area contributed by atoms with Crippen molar-refractivity contribution in [3.8, 4) is 5.75 Å². The molecule has 1 amide bonds. The van der Waals surface area contributed by atoms with Crippen LogP contribution in [-0.4, -0.2) is 45.3 Å². The summed E-state index contributed by atoms with van der Waals surface area (Å²) in [5, 5.41) is 32.3. The van der Waals surface area contributed by atoms with Crippen molar-refractivity contribution in [1.82, 2.24) is 5.32 Å². The number of aliphatic carboxylic acids is 1. The van der Waals surface area contributed by atoms with Gasteiger partial charge in [-0.2, -0.15) is 0 Å². The zero-order valence-electron chi connectivity index (χ0n) is 15.0. The molecule has 0 saturated carbocycles. The van der Waals surface area contributed by atoms with Gasteiger partial charge in [-0.05, 0) is 18.6 Å². The molecule has 1 aliphatic rings. The van der Waals surface area contributed by atoms with Gasteiger partial charge in [-0.3, -0.25) is 4.79 Å². The molecule has 2 aromatic carbocycles. The molecule has 0 aliphatic carbocycles. The second kappa shape index (κ2) is 7.69. The van der Waals surface area contributed by atoms with Crippen molar-refractivity contribution in [1.29, 1.82) is 0 Å². The van der Waals surface area contributed by atoms with E-state index >= 15 is 0 Å². The maximum absolute atomic E-state index is 12.6. The molecule has 4 N–H and O–H groups in total. The number of cyclic esters (lactones) is 1. The van der Waals surface area contributed by atoms with Crippen molar-refractivity contribution in [2.45, 2.75) is 31.6 Å². The van der Waals surface area contributed by atoms with Crippen molar-refractivity contribution in [3.63, 3.8) is 0 Å². The Labute approximate surface area is 160 Å². The predicted octanol–water partition coefficient (Wildman–Crippen LogP) is 1.41. The van der Waals surface area contributed by atoms with E-state index in [0.717, 1.165) is 0 Å². The van der Waals surface area contributed by atoms with Crippen LogP contribution in [0.1, 0.15) is 44.9 Å². The van der Waals surface area contributed by atoms with Crippen LogP contribution in [0, 0.1) is 0 Å². The number of aliphatic hydroxyl groups is 1. The highest BCUT2D eigenvalue weighted by Gasteiger charge is 2.36. The lowest BCUT2D eigenvalue weighted by molar-refractivity contribution is -0.139. The van der Waals surface area contributed by atoms with Crippen LogP contribution < -0.4 is 5.32 Å². The van der Waals surface area contributed by atoms with Gasteiger partial charge in [0.15, 0.2) is 0 Å². The normalized spacial score (nSPS) is 19.3. The molecule has 0 fully saturated rings. The highest BCUT2D eigenvalue weighted by Crippen LogP contribution is 2.36. The topological polar surface area (TPSA) is 133 Å². The molecule has 2 unspecified atom stereocenters. The number of carbonyl (C=O) groups excluding carboxylic acids is 2. The summed E-state index contributed by atoms with van der Waals surface area (Å²) >= 11 is 0. The van der Waals surface area contributed by atoms with Gasteiger partial charge in [0.2, 0.25) is 0 Å². The SMILES string of the molecule is CC1OC(=O)c2c(ccc(C(=O)N[C@@H](Cc3ccccc3)C(=O)O)c2O)C1O. The molecule has 0 saturated heterocycles. The van der Waals surface area contributed by atoms with Gasteiger partial charge in [0.25, 0.3) is 5.91 Å². The fraction of sp³-hybridized carbons (Fsp3) is 0.250. The summed E-state index contributed by atoms with van der Waals surface area (Å²) in [6.45, 7) is 1.50. The highest BCUT2D eigenvalue weighted by molar-refractivity contribution is 6.04. The molecular weight excluding hydrogens is 366 g/mol. The number of carboxylic acid groups (broad SMARTS) is 1. The lowest BCUT2D eigenvalue weighted by Crippen LogP contribution is -2.42. The summed E-state index contributed by atoms with van der Waals surface area (Å²) in [5.41, 5.74) is 0.285. The Balaban J connectivity index is 1.87. The van der Waals surface area contributed by atoms with Crippen LogP contribution in [0.3, 0.4) is 0 Å². The number of aromatic hydroxyl groups is 1. The summed E-state index contributed by atoms with van der Waals surface area (Å²) in [6.07, 6.45) is -1.88. The van der Waals surface area contributed by atoms with Crippen LogP contribution in [0.4, 0.5) is 0 Å². The zero-order chi connectivity index (χ0) is 20.4. The fourth-order valence-corrected chi connectivity index (χ4v) is 3.08. The summed E-state index contributed by atoms with van der Waals surface area (Å²) < 4.78 is 4.96. The minimum Gasteiger partial charge on any atom is -0.506 e. The number of ether oxygens (including phenoxy) is 1. The van der Waals surface area contributed by atoms with Crippen LogP contribution in [0.15, 0.2) is 42.5 Å². The maximum Gasteiger partial charge on any atom is 0.342 e. The van der Waals surface area contributed by atoms with E-state index in [9.17, 15) is 29.7 Å². The van der Waals surface area contributed by atoms with E-state index in [1.807, 2.05) is 0 Å². The molecule has 0 spiro atoms. The molecule has 3 atom stereocenters. The smallest absolute Gasteiger partial charge is 0.342 e. The monoisotopic (exact) mass is 385 g/mol. The number of hydrogen-bond acceptors (Lipinski definition) is 6. The van der Waals surface area contributed by atoms with E-state index in [0.29, 0.717) is 5.56 Å². The summed E-state index contributed by atoms with van der Waals surface area (Å²) in [7, 11) is 0. The van der Waals surface area contributed by atoms with Crippen LogP contribution in [0.25, 0.3) is 0 Å². The molecule has 8 nitrogen and oxygen atoms in total. The molecular formula is C20H19NO7. The van der Waals surface area contributed by atoms with Gasteiger partial charge in [0, 0.05) is 12.0 Å². The Kier molecular flexibility index (Phi) is 5.32. The number of nitrogens with one attached hydrogen (secondary N) is 1. The minimum absolute atomic E-state index is 0.0475. The van der Waals surface area contributed by atoms with Crippen molar-refractivity contribution in [3.05, 3.63) is 64.7 Å². The van der Waals surface area contributed by atoms with Gasteiger partial charge in [0.05, 0.1) is 5.56 Å². The number of carboxylic acids is 1. The van der Waals surface area contributed by atoms with Crippen molar-refractivity contribution >= 4 is 17.8 Å². The number of hydrogen-bond donors (Lipinski definition) is 4. The van der Waals surface area contributed by atoms with Gasteiger partial charge in [0.1, 0.15) is 29.6 Å². The van der Waals surface area contributed by atoms with E-state index in [4.69, 9.17) is 4.74 Å². The quantitative estimate of drug-likeness (QED) is 0.572. The Morgan fingerprint density at radius 2 is 1.86 bits per heavy atom. The van der Waals surface area contributed by atoms with Gasteiger partial charge in [-0.15, -0.1) is 0 Å². The average Bonchev–Trinajstić information content (AvgIpc) is 2.66. The van der Waals surface area contributed by atoms with Crippen LogP contribution in [0.2, 0.25) is 0 Å². The first-order chi connectivity index (χ1) is 13.3. The summed E-state index contributed by atoms with van der Waals surface area (Å²) in [6, 6.07) is 10.1. The number of aliphatic hydroxyl groups excluding tert-OH is 1. The van der Waals surface area contributed by atoms with Gasteiger partial charge in [-0.25, -0.2) is 9.59 Å². The largest absolute Gasteiger partial charge is 0.506 e. The number of benzene rings is 2. The number of carbonyl (C=O) groups is 3. The minimum atomic E-state index is -1.24. The number of rotatable bonds is 5. The van der Waals surface area contributed by atoms with E-state index in [1.54, 1.807) is 30.3 Å². The van der Waals surface area contributed by atoms with Gasteiger partial charge < -0.3 is 25.4 Å². The highest BCUT2D eigenvalue weighted by atomic mass is 16.6. The lowest BCUT2D eigenvalue weighted by atomic mass is 9.93. The number of amides is 1. The predicted molar refractivity (Wildman–Crippen MR) is 97.0 cm³/mol. The second-order valence-corrected chi connectivity index (χ2v) is 6.54. The lowest BCUT2D eigenvalue weighted by Gasteiger charge is -2.28. The molecule has 146 valence electrons. The average molecular weight is 385 g/mol. The van der Waals surface area contributed by atoms with Crippen LogP contribution in [0.5, 0.6) is 5.75 Å². The second-order valence-electron chi connectivity index (χ2n) is 6.54. The Morgan fingerprint density at radius 1 is 1.18 bits per heavy atom. The zero-order valence-corrected chi connectivity index (χ0v) is 15.0. The molecule has 3 rings (SSSR count). The van der Waals surface area contributed by atoms with Crippen LogP contribution >= 0.6 is 0 Å². The standard InChI is InChI=1S/C20H19NO7/c1-10-16(22)12-7-8-13(17(23)15(12)20(27)28-10)18(24)21-14(19(25)26)9-11-5-3-2-4-6-11/h2-8,10,14,16,22-23H,9H2,1H3,(H,21,24)(H,25,26)/t10?,14-,16?/m0/s1. The van der Waals surface area contributed by atoms with Crippen molar-refractivity contribution in [2.24, 2.45) is 0 Å². The molecule has 0 radical (unpaired) electrons. The first-order valence-electron chi connectivity index (χ1n) is 8.62. The first-order valence-corrected chi connectivity index (χ1v) is 8.62. The number of fused-ring (bicyclic) bond motifs is 1. The van der Waals surface area contributed by atoms with E-state index in [1.165, 1.54) is 19.1 Å². The first kappa shape index (κ1) is 19.4. The summed E-state index contributed by atoms with van der Waals surface area (Å²) in [5.74, 6) is -3.61. The van der Waals surface area contributed by atoms with Gasteiger partial charge in [-0.1, -0.05) is 36.4 Å². The third-order valence-electron chi connectivity index (χ3n) is 4.60. The van der Waals surface area contributed by atoms with E-state index in [2.05, 4.69) is 5.32 Å². The molecule has 28 heavy (non-hydrogen) atoms. The van der Waals surface area contributed by atoms with Crippen LogP contribution in [-0.2, 0) is 16.0 Å².